The molecule has 110 valence electrons. The molecule has 1 aliphatic rings. The molecule has 0 saturated carbocycles. The van der Waals surface area contributed by atoms with Crippen LogP contribution in [0.25, 0.3) is 0 Å². The lowest BCUT2D eigenvalue weighted by Crippen LogP contribution is -2.55. The minimum atomic E-state index is -0.811. The van der Waals surface area contributed by atoms with E-state index in [9.17, 15) is 9.59 Å². The smallest absolute Gasteiger partial charge is 0.312 e. The number of likely N-dealkylation sites (tertiary alicyclic amines) is 1. The Morgan fingerprint density at radius 2 is 2.00 bits per heavy atom. The van der Waals surface area contributed by atoms with Gasteiger partial charge in [-0.15, -0.1) is 0 Å². The van der Waals surface area contributed by atoms with Gasteiger partial charge < -0.3 is 20.4 Å². The van der Waals surface area contributed by atoms with Gasteiger partial charge in [-0.25, -0.2) is 0 Å². The molecule has 1 heterocycles. The van der Waals surface area contributed by atoms with E-state index in [0.29, 0.717) is 13.0 Å². The third-order valence-electron chi connectivity index (χ3n) is 3.39. The maximum absolute atomic E-state index is 12.1. The fraction of sp³-hybridized carbons (Fsp3) is 0.846. The van der Waals surface area contributed by atoms with Gasteiger partial charge >= 0.3 is 11.8 Å². The van der Waals surface area contributed by atoms with Gasteiger partial charge in [-0.2, -0.15) is 0 Å². The highest BCUT2D eigenvalue weighted by molar-refractivity contribution is 6.35. The molecule has 1 unspecified atom stereocenters. The number of hydrogen-bond acceptors (Lipinski definition) is 4. The molecule has 1 fully saturated rings. The average Bonchev–Trinajstić information content (AvgIpc) is 2.38. The molecule has 1 aliphatic heterocycles. The fourth-order valence-corrected chi connectivity index (χ4v) is 2.25. The van der Waals surface area contributed by atoms with E-state index in [4.69, 9.17) is 10.2 Å². The molecule has 0 aromatic heterocycles. The van der Waals surface area contributed by atoms with Gasteiger partial charge in [0.15, 0.2) is 0 Å². The van der Waals surface area contributed by atoms with Gasteiger partial charge in [0.05, 0.1) is 12.1 Å². The summed E-state index contributed by atoms with van der Waals surface area (Å²) < 4.78 is 0. The van der Waals surface area contributed by atoms with Gasteiger partial charge in [-0.05, 0) is 39.5 Å². The van der Waals surface area contributed by atoms with Crippen LogP contribution in [0.5, 0.6) is 0 Å². The third kappa shape index (κ3) is 4.47. The van der Waals surface area contributed by atoms with Crippen LogP contribution in [0.15, 0.2) is 0 Å². The fourth-order valence-electron chi connectivity index (χ4n) is 2.25. The molecule has 0 aromatic carbocycles. The quantitative estimate of drug-likeness (QED) is 0.610. The zero-order chi connectivity index (χ0) is 14.5. The normalized spacial score (nSPS) is 20.2. The average molecular weight is 272 g/mol. The molecule has 0 bridgehead atoms. The zero-order valence-corrected chi connectivity index (χ0v) is 11.7. The maximum Gasteiger partial charge on any atom is 0.312 e. The first kappa shape index (κ1) is 15.9. The summed E-state index contributed by atoms with van der Waals surface area (Å²) in [6, 6.07) is -0.0609. The first-order valence-corrected chi connectivity index (χ1v) is 6.76. The van der Waals surface area contributed by atoms with Gasteiger partial charge in [0.2, 0.25) is 0 Å². The number of rotatable bonds is 4. The molecule has 6 heteroatoms. The van der Waals surface area contributed by atoms with Crippen molar-refractivity contribution >= 4 is 11.8 Å². The molecule has 3 N–H and O–H groups in total. The Morgan fingerprint density at radius 3 is 2.58 bits per heavy atom. The zero-order valence-electron chi connectivity index (χ0n) is 11.7. The van der Waals surface area contributed by atoms with E-state index >= 15 is 0 Å². The van der Waals surface area contributed by atoms with Gasteiger partial charge in [-0.1, -0.05) is 0 Å². The number of aliphatic hydroxyl groups is 2. The van der Waals surface area contributed by atoms with Crippen LogP contribution in [0, 0.1) is 0 Å². The summed E-state index contributed by atoms with van der Waals surface area (Å²) in [7, 11) is 0. The summed E-state index contributed by atoms with van der Waals surface area (Å²) in [6.07, 6.45) is 3.22. The van der Waals surface area contributed by atoms with Crippen molar-refractivity contribution in [3.8, 4) is 0 Å². The Labute approximate surface area is 113 Å². The predicted octanol–water partition coefficient (Wildman–Crippen LogP) is -0.363. The van der Waals surface area contributed by atoms with E-state index in [0.717, 1.165) is 19.3 Å². The summed E-state index contributed by atoms with van der Waals surface area (Å²) in [5, 5.41) is 20.6. The highest BCUT2D eigenvalue weighted by Gasteiger charge is 2.32. The lowest BCUT2D eigenvalue weighted by Gasteiger charge is -2.35. The van der Waals surface area contributed by atoms with Crippen LogP contribution in [0.3, 0.4) is 0 Å². The van der Waals surface area contributed by atoms with Crippen molar-refractivity contribution < 1.29 is 19.8 Å². The molecule has 19 heavy (non-hydrogen) atoms. The van der Waals surface area contributed by atoms with Crippen molar-refractivity contribution in [2.24, 2.45) is 0 Å². The standard InChI is InChI=1S/C13H24N2O4/c1-13(2,9-17)14-11(18)12(19)15-7-4-3-5-10(15)6-8-16/h10,16-17H,3-9H2,1-2H3,(H,14,18). The van der Waals surface area contributed by atoms with E-state index in [1.165, 1.54) is 0 Å². The molecule has 6 nitrogen and oxygen atoms in total. The van der Waals surface area contributed by atoms with Crippen molar-refractivity contribution in [1.29, 1.82) is 0 Å². The van der Waals surface area contributed by atoms with Gasteiger partial charge in [-0.3, -0.25) is 9.59 Å². The summed E-state index contributed by atoms with van der Waals surface area (Å²) >= 11 is 0. The third-order valence-corrected chi connectivity index (χ3v) is 3.39. The number of nitrogens with zero attached hydrogens (tertiary/aromatic N) is 1. The molecular weight excluding hydrogens is 248 g/mol. The Morgan fingerprint density at radius 1 is 1.32 bits per heavy atom. The highest BCUT2D eigenvalue weighted by Crippen LogP contribution is 2.19. The topological polar surface area (TPSA) is 89.9 Å². The number of nitrogens with one attached hydrogen (secondary N) is 1. The van der Waals surface area contributed by atoms with Crippen molar-refractivity contribution in [1.82, 2.24) is 10.2 Å². The molecule has 0 aromatic rings. The molecule has 2 amide bonds. The lowest BCUT2D eigenvalue weighted by molar-refractivity contribution is -0.149. The number of piperidine rings is 1. The maximum atomic E-state index is 12.1. The Bertz CT molecular complexity index is 329. The van der Waals surface area contributed by atoms with Crippen LogP contribution in [-0.2, 0) is 9.59 Å². The Kier molecular flexibility index (Phi) is 5.75. The molecular formula is C13H24N2O4. The van der Waals surface area contributed by atoms with Crippen LogP contribution in [0.4, 0.5) is 0 Å². The van der Waals surface area contributed by atoms with Gasteiger partial charge in [0, 0.05) is 19.2 Å². The molecule has 0 radical (unpaired) electrons. The van der Waals surface area contributed by atoms with Crippen molar-refractivity contribution in [2.75, 3.05) is 19.8 Å². The second-order valence-corrected chi connectivity index (χ2v) is 5.66. The van der Waals surface area contributed by atoms with Crippen LogP contribution in [0.2, 0.25) is 0 Å². The van der Waals surface area contributed by atoms with Crippen LogP contribution in [0.1, 0.15) is 39.5 Å². The van der Waals surface area contributed by atoms with Crippen molar-refractivity contribution in [2.45, 2.75) is 51.1 Å². The summed E-state index contributed by atoms with van der Waals surface area (Å²) in [5.41, 5.74) is -0.811. The highest BCUT2D eigenvalue weighted by atomic mass is 16.3. The first-order chi connectivity index (χ1) is 8.91. The second kappa shape index (κ2) is 6.86. The Balaban J connectivity index is 2.66. The minimum absolute atomic E-state index is 0.0121. The second-order valence-electron chi connectivity index (χ2n) is 5.66. The van der Waals surface area contributed by atoms with E-state index in [2.05, 4.69) is 5.32 Å². The van der Waals surface area contributed by atoms with Crippen molar-refractivity contribution in [3.05, 3.63) is 0 Å². The van der Waals surface area contributed by atoms with E-state index in [1.54, 1.807) is 18.7 Å². The minimum Gasteiger partial charge on any atom is -0.396 e. The number of amides is 2. The number of hydrogen-bond donors (Lipinski definition) is 3. The van der Waals surface area contributed by atoms with E-state index in [1.807, 2.05) is 0 Å². The van der Waals surface area contributed by atoms with Gasteiger partial charge in [0.1, 0.15) is 0 Å². The number of carbonyl (C=O) groups excluding carboxylic acids is 2. The SMILES string of the molecule is CC(C)(CO)NC(=O)C(=O)N1CCCCC1CCO. The first-order valence-electron chi connectivity index (χ1n) is 6.76. The van der Waals surface area contributed by atoms with Crippen LogP contribution in [-0.4, -0.2) is 58.3 Å². The number of carbonyl (C=O) groups is 2. The monoisotopic (exact) mass is 272 g/mol. The predicted molar refractivity (Wildman–Crippen MR) is 70.4 cm³/mol. The lowest BCUT2D eigenvalue weighted by atomic mass is 9.99. The van der Waals surface area contributed by atoms with Gasteiger partial charge in [0.25, 0.3) is 0 Å². The van der Waals surface area contributed by atoms with E-state index in [-0.39, 0.29) is 19.3 Å². The summed E-state index contributed by atoms with van der Waals surface area (Å²) in [5.74, 6) is -1.26. The molecule has 1 atom stereocenters. The summed E-state index contributed by atoms with van der Waals surface area (Å²) in [4.78, 5) is 25.6. The number of aliphatic hydroxyl groups excluding tert-OH is 2. The molecule has 1 rings (SSSR count). The largest absolute Gasteiger partial charge is 0.396 e. The van der Waals surface area contributed by atoms with Crippen LogP contribution >= 0.6 is 0 Å². The van der Waals surface area contributed by atoms with Crippen molar-refractivity contribution in [3.63, 3.8) is 0 Å². The molecule has 0 aliphatic carbocycles. The molecule has 1 saturated heterocycles. The Hall–Kier alpha value is -1.14. The van der Waals surface area contributed by atoms with Crippen LogP contribution < -0.4 is 5.32 Å². The summed E-state index contributed by atoms with van der Waals surface area (Å²) in [6.45, 7) is 3.64. The molecule has 0 spiro atoms. The van der Waals surface area contributed by atoms with E-state index < -0.39 is 17.4 Å².